The topological polar surface area (TPSA) is 90.6 Å². The lowest BCUT2D eigenvalue weighted by atomic mass is 9.89. The average molecular weight is 395 g/mol. The molecule has 1 N–H and O–H groups in total. The molecule has 8 heteroatoms. The fraction of sp³-hybridized carbons (Fsp3) is 0.429. The quantitative estimate of drug-likeness (QED) is 0.619. The molecule has 0 bridgehead atoms. The highest BCUT2D eigenvalue weighted by Gasteiger charge is 2.20. The number of carbonyl (C=O) groups excluding carboxylic acids is 1. The van der Waals surface area contributed by atoms with E-state index in [1.807, 2.05) is 30.3 Å². The summed E-state index contributed by atoms with van der Waals surface area (Å²) in [6.07, 6.45) is 5.52. The highest BCUT2D eigenvalue weighted by atomic mass is 16.5. The van der Waals surface area contributed by atoms with E-state index in [4.69, 9.17) is 9.47 Å². The van der Waals surface area contributed by atoms with E-state index in [1.54, 1.807) is 17.7 Å². The molecule has 29 heavy (non-hydrogen) atoms. The number of ether oxygens (including phenoxy) is 2. The van der Waals surface area contributed by atoms with Crippen LogP contribution >= 0.6 is 0 Å². The number of aromatic nitrogens is 4. The number of carbonyl (C=O) groups is 1. The fourth-order valence-corrected chi connectivity index (χ4v) is 3.61. The Morgan fingerprint density at radius 3 is 2.66 bits per heavy atom. The first-order valence-corrected chi connectivity index (χ1v) is 10.0. The van der Waals surface area contributed by atoms with Gasteiger partial charge in [-0.3, -0.25) is 4.79 Å². The minimum atomic E-state index is 0.136. The summed E-state index contributed by atoms with van der Waals surface area (Å²) in [5.74, 6) is 2.15. The maximum absolute atomic E-state index is 12.2. The van der Waals surface area contributed by atoms with Crippen LogP contribution in [0.3, 0.4) is 0 Å². The number of hydrogen-bond donors (Lipinski definition) is 1. The average Bonchev–Trinajstić information content (AvgIpc) is 3.20. The molecule has 0 radical (unpaired) electrons. The fourth-order valence-electron chi connectivity index (χ4n) is 3.61. The molecule has 1 aliphatic carbocycles. The van der Waals surface area contributed by atoms with Gasteiger partial charge in [0.05, 0.1) is 13.7 Å². The van der Waals surface area contributed by atoms with Gasteiger partial charge >= 0.3 is 0 Å². The Balaban J connectivity index is 1.37. The van der Waals surface area contributed by atoms with Crippen LogP contribution in [0, 0.1) is 5.92 Å². The van der Waals surface area contributed by atoms with Crippen molar-refractivity contribution in [1.29, 1.82) is 0 Å². The molecule has 2 heterocycles. The SMILES string of the molecule is COc1ccc(-c2nnc3ccc(OCCNC(=O)C4CCCCC4)nn23)cc1. The first kappa shape index (κ1) is 19.2. The summed E-state index contributed by atoms with van der Waals surface area (Å²) in [6, 6.07) is 11.1. The van der Waals surface area contributed by atoms with Crippen LogP contribution in [0.2, 0.25) is 0 Å². The lowest BCUT2D eigenvalue weighted by Crippen LogP contribution is -2.34. The summed E-state index contributed by atoms with van der Waals surface area (Å²) in [6.45, 7) is 0.819. The lowest BCUT2D eigenvalue weighted by molar-refractivity contribution is -0.126. The summed E-state index contributed by atoms with van der Waals surface area (Å²) in [4.78, 5) is 12.2. The summed E-state index contributed by atoms with van der Waals surface area (Å²) in [7, 11) is 1.63. The molecule has 1 fully saturated rings. The molecule has 1 aliphatic rings. The number of methoxy groups -OCH3 is 1. The summed E-state index contributed by atoms with van der Waals surface area (Å²) >= 11 is 0. The van der Waals surface area contributed by atoms with Gasteiger partial charge in [-0.25, -0.2) is 0 Å². The van der Waals surface area contributed by atoms with E-state index < -0.39 is 0 Å². The Morgan fingerprint density at radius 1 is 1.10 bits per heavy atom. The molecule has 0 saturated heterocycles. The Bertz CT molecular complexity index is 964. The highest BCUT2D eigenvalue weighted by molar-refractivity contribution is 5.78. The third-order valence-electron chi connectivity index (χ3n) is 5.21. The predicted octanol–water partition coefficient (Wildman–Crippen LogP) is 2.88. The zero-order valence-electron chi connectivity index (χ0n) is 16.5. The van der Waals surface area contributed by atoms with Crippen LogP contribution in [0.25, 0.3) is 17.0 Å². The van der Waals surface area contributed by atoms with Gasteiger partial charge in [0.15, 0.2) is 11.5 Å². The minimum Gasteiger partial charge on any atom is -0.497 e. The Hall–Kier alpha value is -3.16. The molecule has 0 unspecified atom stereocenters. The van der Waals surface area contributed by atoms with Gasteiger partial charge < -0.3 is 14.8 Å². The Labute approximate surface area is 169 Å². The molecule has 1 aromatic carbocycles. The van der Waals surface area contributed by atoms with E-state index in [0.717, 1.165) is 37.0 Å². The number of nitrogens with zero attached hydrogens (tertiary/aromatic N) is 4. The first-order chi connectivity index (χ1) is 14.2. The molecule has 0 atom stereocenters. The Kier molecular flexibility index (Phi) is 5.88. The van der Waals surface area contributed by atoms with Crippen LogP contribution in [0.15, 0.2) is 36.4 Å². The van der Waals surface area contributed by atoms with E-state index >= 15 is 0 Å². The highest BCUT2D eigenvalue weighted by Crippen LogP contribution is 2.24. The Morgan fingerprint density at radius 2 is 1.90 bits per heavy atom. The van der Waals surface area contributed by atoms with Crippen molar-refractivity contribution in [2.24, 2.45) is 5.92 Å². The second-order valence-electron chi connectivity index (χ2n) is 7.17. The molecular formula is C21H25N5O3. The van der Waals surface area contributed by atoms with Crippen LogP contribution in [0.4, 0.5) is 0 Å². The van der Waals surface area contributed by atoms with E-state index in [2.05, 4.69) is 20.6 Å². The van der Waals surface area contributed by atoms with Gasteiger partial charge in [-0.1, -0.05) is 19.3 Å². The van der Waals surface area contributed by atoms with E-state index in [-0.39, 0.29) is 11.8 Å². The zero-order valence-corrected chi connectivity index (χ0v) is 16.5. The van der Waals surface area contributed by atoms with Crippen molar-refractivity contribution >= 4 is 11.6 Å². The number of fused-ring (bicyclic) bond motifs is 1. The van der Waals surface area contributed by atoms with Gasteiger partial charge in [-0.2, -0.15) is 4.52 Å². The molecule has 8 nitrogen and oxygen atoms in total. The lowest BCUT2D eigenvalue weighted by Gasteiger charge is -2.20. The van der Waals surface area contributed by atoms with Crippen LogP contribution in [-0.2, 0) is 4.79 Å². The molecule has 0 spiro atoms. The molecule has 3 aromatic rings. The molecule has 1 amide bonds. The van der Waals surface area contributed by atoms with Crippen LogP contribution in [-0.4, -0.2) is 46.0 Å². The van der Waals surface area contributed by atoms with Crippen LogP contribution in [0.1, 0.15) is 32.1 Å². The van der Waals surface area contributed by atoms with Crippen molar-refractivity contribution in [3.05, 3.63) is 36.4 Å². The van der Waals surface area contributed by atoms with Crippen molar-refractivity contribution in [1.82, 2.24) is 25.1 Å². The van der Waals surface area contributed by atoms with Crippen molar-refractivity contribution in [2.75, 3.05) is 20.3 Å². The number of nitrogens with one attached hydrogen (secondary N) is 1. The summed E-state index contributed by atoms with van der Waals surface area (Å²) < 4.78 is 12.6. The van der Waals surface area contributed by atoms with Crippen molar-refractivity contribution in [2.45, 2.75) is 32.1 Å². The maximum Gasteiger partial charge on any atom is 0.231 e. The van der Waals surface area contributed by atoms with E-state index in [9.17, 15) is 4.79 Å². The van der Waals surface area contributed by atoms with Gasteiger partial charge in [-0.05, 0) is 43.2 Å². The summed E-state index contributed by atoms with van der Waals surface area (Å²) in [5, 5.41) is 15.8. The second-order valence-corrected chi connectivity index (χ2v) is 7.17. The first-order valence-electron chi connectivity index (χ1n) is 10.0. The monoisotopic (exact) mass is 395 g/mol. The summed E-state index contributed by atoms with van der Waals surface area (Å²) in [5.41, 5.74) is 1.51. The van der Waals surface area contributed by atoms with Gasteiger partial charge in [0, 0.05) is 17.5 Å². The van der Waals surface area contributed by atoms with Gasteiger partial charge in [0.25, 0.3) is 0 Å². The van der Waals surface area contributed by atoms with Crippen LogP contribution in [0.5, 0.6) is 11.6 Å². The predicted molar refractivity (Wildman–Crippen MR) is 108 cm³/mol. The molecule has 0 aliphatic heterocycles. The largest absolute Gasteiger partial charge is 0.497 e. The van der Waals surface area contributed by atoms with Gasteiger partial charge in [0.1, 0.15) is 12.4 Å². The third-order valence-corrected chi connectivity index (χ3v) is 5.21. The molecule has 152 valence electrons. The molecule has 2 aromatic heterocycles. The van der Waals surface area contributed by atoms with Crippen molar-refractivity contribution in [3.8, 4) is 23.0 Å². The molecule has 1 saturated carbocycles. The minimum absolute atomic E-state index is 0.136. The normalized spacial score (nSPS) is 14.7. The third kappa shape index (κ3) is 4.47. The van der Waals surface area contributed by atoms with Gasteiger partial charge in [-0.15, -0.1) is 15.3 Å². The zero-order chi connectivity index (χ0) is 20.1. The van der Waals surface area contributed by atoms with Crippen molar-refractivity contribution < 1.29 is 14.3 Å². The number of benzene rings is 1. The molecular weight excluding hydrogens is 370 g/mol. The van der Waals surface area contributed by atoms with Crippen LogP contribution < -0.4 is 14.8 Å². The van der Waals surface area contributed by atoms with E-state index in [1.165, 1.54) is 6.42 Å². The standard InChI is InChI=1S/C21H25N5O3/c1-28-17-9-7-15(8-10-17)20-24-23-18-11-12-19(25-26(18)20)29-14-13-22-21(27)16-5-3-2-4-6-16/h7-12,16H,2-6,13-14H2,1H3,(H,22,27). The molecule has 4 rings (SSSR count). The van der Waals surface area contributed by atoms with Gasteiger partial charge in [0.2, 0.25) is 11.8 Å². The van der Waals surface area contributed by atoms with Crippen molar-refractivity contribution in [3.63, 3.8) is 0 Å². The second kappa shape index (κ2) is 8.89. The number of amides is 1. The number of hydrogen-bond acceptors (Lipinski definition) is 6. The van der Waals surface area contributed by atoms with E-state index in [0.29, 0.717) is 30.5 Å². The number of rotatable bonds is 7. The smallest absolute Gasteiger partial charge is 0.231 e. The maximum atomic E-state index is 12.2.